The van der Waals surface area contributed by atoms with E-state index in [1.54, 1.807) is 0 Å². The van der Waals surface area contributed by atoms with Crippen LogP contribution in [0.1, 0.15) is 51.9 Å². The van der Waals surface area contributed by atoms with Crippen LogP contribution in [0.25, 0.3) is 0 Å². The van der Waals surface area contributed by atoms with E-state index in [4.69, 9.17) is 0 Å². The Balaban J connectivity index is 0.00000144. The Morgan fingerprint density at radius 3 is 2.47 bits per heavy atom. The molecule has 0 radical (unpaired) electrons. The van der Waals surface area contributed by atoms with E-state index in [9.17, 15) is 4.79 Å². The maximum Gasteiger partial charge on any atom is 0.220 e. The van der Waals surface area contributed by atoms with E-state index in [2.05, 4.69) is 17.6 Å². The maximum atomic E-state index is 11.9. The van der Waals surface area contributed by atoms with E-state index in [1.165, 1.54) is 25.7 Å². The molecule has 17 heavy (non-hydrogen) atoms. The summed E-state index contributed by atoms with van der Waals surface area (Å²) in [7, 11) is 0. The summed E-state index contributed by atoms with van der Waals surface area (Å²) in [5.74, 6) is 0.932. The predicted molar refractivity (Wildman–Crippen MR) is 72.5 cm³/mol. The van der Waals surface area contributed by atoms with Crippen molar-refractivity contribution in [2.24, 2.45) is 5.92 Å². The minimum absolute atomic E-state index is 0. The van der Waals surface area contributed by atoms with E-state index in [0.29, 0.717) is 5.92 Å². The van der Waals surface area contributed by atoms with Gasteiger partial charge in [0.25, 0.3) is 0 Å². The van der Waals surface area contributed by atoms with Gasteiger partial charge in [0.2, 0.25) is 5.91 Å². The monoisotopic (exact) mass is 260 g/mol. The average molecular weight is 261 g/mol. The summed E-state index contributed by atoms with van der Waals surface area (Å²) in [6, 6.07) is 0. The fourth-order valence-corrected chi connectivity index (χ4v) is 2.97. The van der Waals surface area contributed by atoms with Gasteiger partial charge in [-0.15, -0.1) is 12.4 Å². The number of nitrogens with one attached hydrogen (secondary N) is 2. The second-order valence-electron chi connectivity index (χ2n) is 5.71. The van der Waals surface area contributed by atoms with Gasteiger partial charge in [0.15, 0.2) is 0 Å². The molecule has 2 fully saturated rings. The molecule has 1 saturated heterocycles. The number of carbonyl (C=O) groups is 1. The van der Waals surface area contributed by atoms with Gasteiger partial charge in [-0.3, -0.25) is 4.79 Å². The van der Waals surface area contributed by atoms with Crippen LogP contribution < -0.4 is 10.6 Å². The van der Waals surface area contributed by atoms with Crippen molar-refractivity contribution in [3.8, 4) is 0 Å². The van der Waals surface area contributed by atoms with Crippen molar-refractivity contribution in [1.82, 2.24) is 10.6 Å². The number of rotatable bonds is 3. The van der Waals surface area contributed by atoms with Crippen LogP contribution in [-0.2, 0) is 4.79 Å². The fraction of sp³-hybridized carbons (Fsp3) is 0.923. The van der Waals surface area contributed by atoms with Crippen LogP contribution >= 0.6 is 12.4 Å². The molecule has 1 aliphatic carbocycles. The molecule has 0 unspecified atom stereocenters. The molecule has 0 aromatic rings. The molecular formula is C13H25ClN2O. The van der Waals surface area contributed by atoms with Gasteiger partial charge in [-0.2, -0.15) is 0 Å². The Labute approximate surface area is 111 Å². The molecule has 0 spiro atoms. The standard InChI is InChI=1S/C13H24N2O.ClH/c1-13(6-8-14-9-7-13)15-12(16)10-11-4-2-3-5-11;/h11,14H,2-10H2,1H3,(H,15,16);1H. The van der Waals surface area contributed by atoms with Crippen LogP contribution in [-0.4, -0.2) is 24.5 Å². The zero-order chi connectivity index (χ0) is 11.4. The fourth-order valence-electron chi connectivity index (χ4n) is 2.97. The summed E-state index contributed by atoms with van der Waals surface area (Å²) in [5.41, 5.74) is 0.0426. The Morgan fingerprint density at radius 2 is 1.88 bits per heavy atom. The van der Waals surface area contributed by atoms with Crippen LogP contribution in [0.2, 0.25) is 0 Å². The first-order valence-corrected chi connectivity index (χ1v) is 6.70. The normalized spacial score (nSPS) is 24.1. The van der Waals surface area contributed by atoms with Crippen molar-refractivity contribution in [3.05, 3.63) is 0 Å². The molecule has 1 saturated carbocycles. The molecule has 2 rings (SSSR count). The third-order valence-electron chi connectivity index (χ3n) is 4.10. The minimum Gasteiger partial charge on any atom is -0.351 e. The van der Waals surface area contributed by atoms with Gasteiger partial charge in [-0.25, -0.2) is 0 Å². The molecule has 3 nitrogen and oxygen atoms in total. The van der Waals surface area contributed by atoms with Gasteiger partial charge in [-0.05, 0) is 51.6 Å². The van der Waals surface area contributed by atoms with Crippen LogP contribution in [0.4, 0.5) is 0 Å². The summed E-state index contributed by atoms with van der Waals surface area (Å²) in [6.07, 6.45) is 8.02. The van der Waals surface area contributed by atoms with Crippen molar-refractivity contribution in [1.29, 1.82) is 0 Å². The highest BCUT2D eigenvalue weighted by molar-refractivity contribution is 5.85. The van der Waals surface area contributed by atoms with Gasteiger partial charge in [0, 0.05) is 12.0 Å². The summed E-state index contributed by atoms with van der Waals surface area (Å²) < 4.78 is 0. The topological polar surface area (TPSA) is 41.1 Å². The number of amides is 1. The molecule has 1 heterocycles. The lowest BCUT2D eigenvalue weighted by Gasteiger charge is -2.35. The lowest BCUT2D eigenvalue weighted by molar-refractivity contribution is -0.124. The highest BCUT2D eigenvalue weighted by atomic mass is 35.5. The molecular weight excluding hydrogens is 236 g/mol. The van der Waals surface area contributed by atoms with E-state index >= 15 is 0 Å². The lowest BCUT2D eigenvalue weighted by atomic mass is 9.90. The summed E-state index contributed by atoms with van der Waals surface area (Å²) in [6.45, 7) is 4.24. The van der Waals surface area contributed by atoms with Gasteiger partial charge in [0.1, 0.15) is 0 Å². The van der Waals surface area contributed by atoms with Crippen LogP contribution in [0.3, 0.4) is 0 Å². The molecule has 1 amide bonds. The van der Waals surface area contributed by atoms with Crippen molar-refractivity contribution in [3.63, 3.8) is 0 Å². The third-order valence-corrected chi connectivity index (χ3v) is 4.10. The number of hydrogen-bond donors (Lipinski definition) is 2. The lowest BCUT2D eigenvalue weighted by Crippen LogP contribution is -2.52. The van der Waals surface area contributed by atoms with E-state index < -0.39 is 0 Å². The SMILES string of the molecule is CC1(NC(=O)CC2CCCC2)CCNCC1.Cl. The zero-order valence-electron chi connectivity index (χ0n) is 10.8. The van der Waals surface area contributed by atoms with E-state index in [-0.39, 0.29) is 23.9 Å². The van der Waals surface area contributed by atoms with Crippen LogP contribution in [0, 0.1) is 5.92 Å². The molecule has 0 bridgehead atoms. The van der Waals surface area contributed by atoms with Crippen molar-refractivity contribution >= 4 is 18.3 Å². The average Bonchev–Trinajstić information content (AvgIpc) is 2.70. The minimum atomic E-state index is 0. The first-order chi connectivity index (χ1) is 7.68. The highest BCUT2D eigenvalue weighted by Crippen LogP contribution is 2.28. The molecule has 100 valence electrons. The highest BCUT2D eigenvalue weighted by Gasteiger charge is 2.29. The number of hydrogen-bond acceptors (Lipinski definition) is 2. The largest absolute Gasteiger partial charge is 0.351 e. The summed E-state index contributed by atoms with van der Waals surface area (Å²) in [5, 5.41) is 6.58. The molecule has 0 atom stereocenters. The van der Waals surface area contributed by atoms with Gasteiger partial charge in [0.05, 0.1) is 0 Å². The first kappa shape index (κ1) is 14.8. The zero-order valence-corrected chi connectivity index (χ0v) is 11.6. The quantitative estimate of drug-likeness (QED) is 0.817. The Bertz CT molecular complexity index is 246. The third kappa shape index (κ3) is 4.47. The molecule has 2 aliphatic rings. The first-order valence-electron chi connectivity index (χ1n) is 6.70. The van der Waals surface area contributed by atoms with Crippen LogP contribution in [0.15, 0.2) is 0 Å². The van der Waals surface area contributed by atoms with Crippen molar-refractivity contribution in [2.75, 3.05) is 13.1 Å². The summed E-state index contributed by atoms with van der Waals surface area (Å²) >= 11 is 0. The second-order valence-corrected chi connectivity index (χ2v) is 5.71. The molecule has 4 heteroatoms. The molecule has 1 aliphatic heterocycles. The van der Waals surface area contributed by atoms with Crippen molar-refractivity contribution in [2.45, 2.75) is 57.4 Å². The number of carbonyl (C=O) groups excluding carboxylic acids is 1. The Kier molecular flexibility index (Phi) is 5.74. The number of piperidine rings is 1. The van der Waals surface area contributed by atoms with Gasteiger partial charge >= 0.3 is 0 Å². The molecule has 0 aromatic carbocycles. The van der Waals surface area contributed by atoms with Gasteiger partial charge < -0.3 is 10.6 Å². The summed E-state index contributed by atoms with van der Waals surface area (Å²) in [4.78, 5) is 11.9. The van der Waals surface area contributed by atoms with Crippen LogP contribution in [0.5, 0.6) is 0 Å². The molecule has 0 aromatic heterocycles. The maximum absolute atomic E-state index is 11.9. The molecule has 2 N–H and O–H groups in total. The smallest absolute Gasteiger partial charge is 0.220 e. The van der Waals surface area contributed by atoms with Gasteiger partial charge in [-0.1, -0.05) is 12.8 Å². The van der Waals surface area contributed by atoms with E-state index in [1.807, 2.05) is 0 Å². The second kappa shape index (κ2) is 6.60. The Morgan fingerprint density at radius 1 is 1.29 bits per heavy atom. The van der Waals surface area contributed by atoms with Crippen molar-refractivity contribution < 1.29 is 4.79 Å². The van der Waals surface area contributed by atoms with E-state index in [0.717, 1.165) is 32.4 Å². The predicted octanol–water partition coefficient (Wildman–Crippen LogP) is 2.25. The Hall–Kier alpha value is -0.280. The number of halogens is 1.